The second-order valence-corrected chi connectivity index (χ2v) is 6.53. The molecule has 0 spiro atoms. The summed E-state index contributed by atoms with van der Waals surface area (Å²) >= 11 is 0. The molecule has 1 saturated carbocycles. The largest absolute Gasteiger partial charge is 0.382 e. The Bertz CT molecular complexity index is 499. The van der Waals surface area contributed by atoms with E-state index in [1.54, 1.807) is 12.1 Å². The minimum absolute atomic E-state index is 0.123. The van der Waals surface area contributed by atoms with Crippen LogP contribution in [-0.4, -0.2) is 20.5 Å². The Balaban J connectivity index is 1.95. The molecule has 2 atom stereocenters. The molecule has 0 heterocycles. The summed E-state index contributed by atoms with van der Waals surface area (Å²) in [7, 11) is -3.46. The third-order valence-electron chi connectivity index (χ3n) is 3.17. The number of hydrogen-bond acceptors (Lipinski definition) is 4. The Hall–Kier alpha value is -1.11. The number of nitrogens with one attached hydrogen (secondary N) is 1. The van der Waals surface area contributed by atoms with E-state index in [2.05, 4.69) is 5.32 Å². The highest BCUT2D eigenvalue weighted by Gasteiger charge is 2.21. The van der Waals surface area contributed by atoms with Crippen molar-refractivity contribution in [3.05, 3.63) is 29.8 Å². The predicted octanol–water partition coefficient (Wildman–Crippen LogP) is 0.767. The molecule has 5 nitrogen and oxygen atoms in total. The van der Waals surface area contributed by atoms with Gasteiger partial charge in [0.2, 0.25) is 10.0 Å². The lowest BCUT2D eigenvalue weighted by Crippen LogP contribution is -2.20. The van der Waals surface area contributed by atoms with Gasteiger partial charge in [-0.05, 0) is 37.0 Å². The molecule has 1 fully saturated rings. The van der Waals surface area contributed by atoms with Crippen molar-refractivity contribution in [2.75, 3.05) is 5.32 Å². The fourth-order valence-electron chi connectivity index (χ4n) is 2.31. The van der Waals surface area contributed by atoms with Gasteiger partial charge >= 0.3 is 0 Å². The predicted molar refractivity (Wildman–Crippen MR) is 72.5 cm³/mol. The molecular weight excluding hydrogens is 250 g/mol. The molecule has 0 saturated heterocycles. The molecule has 6 heteroatoms. The van der Waals surface area contributed by atoms with Crippen molar-refractivity contribution in [1.29, 1.82) is 0 Å². The van der Waals surface area contributed by atoms with Crippen molar-refractivity contribution >= 4 is 15.7 Å². The fourth-order valence-corrected chi connectivity index (χ4v) is 2.97. The van der Waals surface area contributed by atoms with Crippen LogP contribution in [0.5, 0.6) is 0 Å². The van der Waals surface area contributed by atoms with Crippen LogP contribution < -0.4 is 16.2 Å². The molecule has 0 radical (unpaired) electrons. The van der Waals surface area contributed by atoms with E-state index in [1.807, 2.05) is 12.1 Å². The lowest BCUT2D eigenvalue weighted by Gasteiger charge is -2.14. The summed E-state index contributed by atoms with van der Waals surface area (Å²) < 4.78 is 21.9. The van der Waals surface area contributed by atoms with Gasteiger partial charge in [-0.2, -0.15) is 0 Å². The molecule has 100 valence electrons. The maximum absolute atomic E-state index is 10.9. The van der Waals surface area contributed by atoms with E-state index in [-0.39, 0.29) is 5.75 Å². The Morgan fingerprint density at radius 2 is 1.89 bits per heavy atom. The summed E-state index contributed by atoms with van der Waals surface area (Å²) in [5.74, 6) is -0.123. The van der Waals surface area contributed by atoms with E-state index in [0.29, 0.717) is 17.6 Å². The van der Waals surface area contributed by atoms with Crippen LogP contribution >= 0.6 is 0 Å². The van der Waals surface area contributed by atoms with Gasteiger partial charge in [0.05, 0.1) is 5.75 Å². The standard InChI is InChI=1S/C12H19N3O2S/c13-10-3-6-12(7-10)15-11-4-1-9(2-5-11)8-18(14,16)17/h1-2,4-5,10,12,15H,3,6-8,13H2,(H2,14,16,17). The summed E-state index contributed by atoms with van der Waals surface area (Å²) in [6.45, 7) is 0. The van der Waals surface area contributed by atoms with E-state index in [4.69, 9.17) is 10.9 Å². The molecule has 2 unspecified atom stereocenters. The first-order valence-electron chi connectivity index (χ1n) is 6.04. The zero-order valence-corrected chi connectivity index (χ0v) is 11.0. The average Bonchev–Trinajstić information content (AvgIpc) is 2.65. The van der Waals surface area contributed by atoms with Gasteiger partial charge < -0.3 is 11.1 Å². The van der Waals surface area contributed by atoms with Crippen LogP contribution in [0, 0.1) is 0 Å². The molecular formula is C12H19N3O2S. The van der Waals surface area contributed by atoms with Gasteiger partial charge in [0.25, 0.3) is 0 Å². The smallest absolute Gasteiger partial charge is 0.213 e. The number of anilines is 1. The first kappa shape index (κ1) is 13.3. The normalized spacial score (nSPS) is 24.1. The highest BCUT2D eigenvalue weighted by molar-refractivity contribution is 7.88. The Kier molecular flexibility index (Phi) is 3.89. The van der Waals surface area contributed by atoms with Crippen molar-refractivity contribution in [1.82, 2.24) is 0 Å². The molecule has 0 aromatic heterocycles. The van der Waals surface area contributed by atoms with Gasteiger partial charge in [0.1, 0.15) is 0 Å². The molecule has 5 N–H and O–H groups in total. The number of sulfonamides is 1. The number of nitrogens with two attached hydrogens (primary N) is 2. The van der Waals surface area contributed by atoms with E-state index in [1.165, 1.54) is 0 Å². The van der Waals surface area contributed by atoms with Crippen molar-refractivity contribution < 1.29 is 8.42 Å². The van der Waals surface area contributed by atoms with Gasteiger partial charge in [0.15, 0.2) is 0 Å². The maximum atomic E-state index is 10.9. The molecule has 0 aliphatic heterocycles. The van der Waals surface area contributed by atoms with Gasteiger partial charge in [-0.15, -0.1) is 0 Å². The van der Waals surface area contributed by atoms with E-state index in [0.717, 1.165) is 24.9 Å². The zero-order valence-electron chi connectivity index (χ0n) is 10.2. The molecule has 0 amide bonds. The molecule has 2 rings (SSSR count). The lowest BCUT2D eigenvalue weighted by molar-refractivity contribution is 0.597. The quantitative estimate of drug-likeness (QED) is 0.751. The minimum atomic E-state index is -3.46. The number of hydrogen-bond donors (Lipinski definition) is 3. The minimum Gasteiger partial charge on any atom is -0.382 e. The SMILES string of the molecule is NC1CCC(Nc2ccc(CS(N)(=O)=O)cc2)C1. The lowest BCUT2D eigenvalue weighted by atomic mass is 10.2. The third-order valence-corrected chi connectivity index (χ3v) is 3.90. The average molecular weight is 269 g/mol. The Morgan fingerprint density at radius 1 is 1.22 bits per heavy atom. The maximum Gasteiger partial charge on any atom is 0.213 e. The summed E-state index contributed by atoms with van der Waals surface area (Å²) in [6, 6.07) is 8.03. The summed E-state index contributed by atoms with van der Waals surface area (Å²) in [5, 5.41) is 8.40. The van der Waals surface area contributed by atoms with Crippen molar-refractivity contribution in [2.45, 2.75) is 37.1 Å². The molecule has 1 aliphatic carbocycles. The second-order valence-electron chi connectivity index (χ2n) is 4.92. The van der Waals surface area contributed by atoms with E-state index < -0.39 is 10.0 Å². The summed E-state index contributed by atoms with van der Waals surface area (Å²) in [5.41, 5.74) is 7.54. The number of rotatable bonds is 4. The third kappa shape index (κ3) is 3.97. The second kappa shape index (κ2) is 5.26. The Labute approximate surface area is 108 Å². The van der Waals surface area contributed by atoms with Gasteiger partial charge in [0, 0.05) is 17.8 Å². The van der Waals surface area contributed by atoms with Crippen LogP contribution in [0.2, 0.25) is 0 Å². The highest BCUT2D eigenvalue weighted by Crippen LogP contribution is 2.22. The van der Waals surface area contributed by atoms with Crippen molar-refractivity contribution in [2.24, 2.45) is 10.9 Å². The van der Waals surface area contributed by atoms with Crippen LogP contribution in [-0.2, 0) is 15.8 Å². The van der Waals surface area contributed by atoms with Crippen LogP contribution in [0.3, 0.4) is 0 Å². The van der Waals surface area contributed by atoms with Crippen LogP contribution in [0.4, 0.5) is 5.69 Å². The topological polar surface area (TPSA) is 98.2 Å². The van der Waals surface area contributed by atoms with Gasteiger partial charge in [-0.1, -0.05) is 12.1 Å². The molecule has 0 bridgehead atoms. The van der Waals surface area contributed by atoms with Crippen LogP contribution in [0.25, 0.3) is 0 Å². The molecule has 1 aromatic carbocycles. The monoisotopic (exact) mass is 269 g/mol. The fraction of sp³-hybridized carbons (Fsp3) is 0.500. The first-order valence-corrected chi connectivity index (χ1v) is 7.75. The van der Waals surface area contributed by atoms with Crippen molar-refractivity contribution in [3.8, 4) is 0 Å². The van der Waals surface area contributed by atoms with E-state index >= 15 is 0 Å². The molecule has 1 aliphatic rings. The highest BCUT2D eigenvalue weighted by atomic mass is 32.2. The van der Waals surface area contributed by atoms with Crippen LogP contribution in [0.15, 0.2) is 24.3 Å². The zero-order chi connectivity index (χ0) is 13.2. The van der Waals surface area contributed by atoms with Gasteiger partial charge in [-0.3, -0.25) is 0 Å². The number of primary sulfonamides is 1. The molecule has 18 heavy (non-hydrogen) atoms. The van der Waals surface area contributed by atoms with Crippen LogP contribution in [0.1, 0.15) is 24.8 Å². The summed E-state index contributed by atoms with van der Waals surface area (Å²) in [4.78, 5) is 0. The van der Waals surface area contributed by atoms with Gasteiger partial charge in [-0.25, -0.2) is 13.6 Å². The first-order chi connectivity index (χ1) is 8.42. The Morgan fingerprint density at radius 3 is 2.39 bits per heavy atom. The molecule has 1 aromatic rings. The summed E-state index contributed by atoms with van der Waals surface area (Å²) in [6.07, 6.45) is 3.13. The van der Waals surface area contributed by atoms with Crippen molar-refractivity contribution in [3.63, 3.8) is 0 Å². The number of benzene rings is 1. The van der Waals surface area contributed by atoms with E-state index in [9.17, 15) is 8.42 Å².